The molecular formula is C16H20Cl2N4O4. The van der Waals surface area contributed by atoms with Gasteiger partial charge in [-0.25, -0.2) is 4.79 Å². The summed E-state index contributed by atoms with van der Waals surface area (Å²) in [6.07, 6.45) is -0.883. The Hall–Kier alpha value is -1.90. The highest BCUT2D eigenvalue weighted by Crippen LogP contribution is 2.33. The Morgan fingerprint density at radius 2 is 1.69 bits per heavy atom. The van der Waals surface area contributed by atoms with E-state index in [4.69, 9.17) is 28.3 Å². The number of nitrogens with one attached hydrogen (secondary N) is 1. The number of phenols is 1. The maximum Gasteiger partial charge on any atom is 0.407 e. The van der Waals surface area contributed by atoms with Crippen LogP contribution in [0.25, 0.3) is 0 Å². The van der Waals surface area contributed by atoms with Crippen LogP contribution < -0.4 is 5.32 Å². The largest absolute Gasteiger partial charge is 0.506 e. The van der Waals surface area contributed by atoms with E-state index in [1.165, 1.54) is 17.0 Å². The fraction of sp³-hybridized carbons (Fsp3) is 0.500. The highest BCUT2D eigenvalue weighted by atomic mass is 35.5. The number of hydrogen-bond acceptors (Lipinski definition) is 5. The average molecular weight is 403 g/mol. The van der Waals surface area contributed by atoms with Crippen molar-refractivity contribution < 1.29 is 19.8 Å². The van der Waals surface area contributed by atoms with E-state index in [-0.39, 0.29) is 29.3 Å². The van der Waals surface area contributed by atoms with Crippen LogP contribution in [0.3, 0.4) is 0 Å². The molecule has 2 fully saturated rings. The number of likely N-dealkylation sites (tertiary alicyclic amines) is 1. The van der Waals surface area contributed by atoms with Gasteiger partial charge in [0.05, 0.1) is 22.3 Å². The van der Waals surface area contributed by atoms with Gasteiger partial charge in [0.15, 0.2) is 0 Å². The minimum atomic E-state index is -0.883. The van der Waals surface area contributed by atoms with Crippen LogP contribution in [0.4, 0.5) is 10.5 Å². The molecule has 2 aliphatic rings. The molecule has 0 saturated carbocycles. The zero-order valence-corrected chi connectivity index (χ0v) is 15.5. The molecule has 0 radical (unpaired) electrons. The molecule has 142 valence electrons. The number of benzene rings is 1. The lowest BCUT2D eigenvalue weighted by Gasteiger charge is -2.47. The second-order valence-corrected chi connectivity index (χ2v) is 7.21. The van der Waals surface area contributed by atoms with Crippen molar-refractivity contribution in [1.82, 2.24) is 14.7 Å². The van der Waals surface area contributed by atoms with Crippen LogP contribution in [-0.4, -0.2) is 88.8 Å². The van der Waals surface area contributed by atoms with Gasteiger partial charge in [-0.1, -0.05) is 23.2 Å². The number of carboxylic acid groups (broad SMARTS) is 1. The average Bonchev–Trinajstić information content (AvgIpc) is 2.55. The van der Waals surface area contributed by atoms with E-state index < -0.39 is 6.09 Å². The number of halogens is 2. The normalized spacial score (nSPS) is 18.5. The molecule has 0 spiro atoms. The number of carbonyl (C=O) groups excluding carboxylic acids is 1. The van der Waals surface area contributed by atoms with Gasteiger partial charge in [0, 0.05) is 51.4 Å². The Morgan fingerprint density at radius 3 is 2.31 bits per heavy atom. The molecule has 1 aromatic carbocycles. The highest BCUT2D eigenvalue weighted by molar-refractivity contribution is 6.42. The van der Waals surface area contributed by atoms with Crippen LogP contribution in [-0.2, 0) is 4.79 Å². The lowest BCUT2D eigenvalue weighted by atomic mass is 10.1. The Labute approximate surface area is 160 Å². The quantitative estimate of drug-likeness (QED) is 0.662. The molecule has 2 amide bonds. The summed E-state index contributed by atoms with van der Waals surface area (Å²) in [6, 6.07) is 3.05. The number of anilines is 1. The first kappa shape index (κ1) is 18.9. The van der Waals surface area contributed by atoms with Gasteiger partial charge in [0.25, 0.3) is 0 Å². The molecule has 0 bridgehead atoms. The number of carbonyl (C=O) groups is 2. The predicted molar refractivity (Wildman–Crippen MR) is 98.2 cm³/mol. The van der Waals surface area contributed by atoms with Crippen LogP contribution >= 0.6 is 23.2 Å². The predicted octanol–water partition coefficient (Wildman–Crippen LogP) is 1.62. The molecule has 2 saturated heterocycles. The molecular weight excluding hydrogens is 383 g/mol. The number of piperazine rings is 1. The van der Waals surface area contributed by atoms with E-state index in [1.807, 2.05) is 0 Å². The number of amides is 2. The van der Waals surface area contributed by atoms with E-state index in [1.54, 1.807) is 4.90 Å². The molecule has 26 heavy (non-hydrogen) atoms. The first-order valence-corrected chi connectivity index (χ1v) is 9.02. The van der Waals surface area contributed by atoms with E-state index in [9.17, 15) is 14.7 Å². The Kier molecular flexibility index (Phi) is 5.64. The van der Waals surface area contributed by atoms with Crippen molar-refractivity contribution in [1.29, 1.82) is 0 Å². The minimum Gasteiger partial charge on any atom is -0.506 e. The molecule has 1 aromatic rings. The van der Waals surface area contributed by atoms with Crippen LogP contribution in [0.5, 0.6) is 5.75 Å². The summed E-state index contributed by atoms with van der Waals surface area (Å²) < 4.78 is 0. The van der Waals surface area contributed by atoms with Gasteiger partial charge >= 0.3 is 6.09 Å². The first-order valence-electron chi connectivity index (χ1n) is 8.26. The van der Waals surface area contributed by atoms with Crippen molar-refractivity contribution in [3.05, 3.63) is 22.2 Å². The van der Waals surface area contributed by atoms with Gasteiger partial charge in [0.2, 0.25) is 5.91 Å². The third-order valence-electron chi connectivity index (χ3n) is 4.78. The summed E-state index contributed by atoms with van der Waals surface area (Å²) in [7, 11) is 0. The first-order chi connectivity index (χ1) is 12.3. The zero-order valence-electron chi connectivity index (χ0n) is 14.0. The second kappa shape index (κ2) is 7.77. The second-order valence-electron chi connectivity index (χ2n) is 6.40. The molecule has 2 heterocycles. The van der Waals surface area contributed by atoms with Crippen LogP contribution in [0, 0.1) is 0 Å². The maximum absolute atomic E-state index is 12.4. The number of nitrogens with zero attached hydrogens (tertiary/aromatic N) is 3. The van der Waals surface area contributed by atoms with Crippen molar-refractivity contribution in [2.24, 2.45) is 0 Å². The smallest absolute Gasteiger partial charge is 0.407 e. The fourth-order valence-electron chi connectivity index (χ4n) is 3.14. The van der Waals surface area contributed by atoms with E-state index in [2.05, 4.69) is 10.2 Å². The Morgan fingerprint density at radius 1 is 1.08 bits per heavy atom. The van der Waals surface area contributed by atoms with Crippen LogP contribution in [0.1, 0.15) is 0 Å². The van der Waals surface area contributed by atoms with E-state index in [0.29, 0.717) is 36.9 Å². The highest BCUT2D eigenvalue weighted by Gasteiger charge is 2.36. The summed E-state index contributed by atoms with van der Waals surface area (Å²) in [5.41, 5.74) is 0.356. The molecule has 3 rings (SSSR count). The van der Waals surface area contributed by atoms with E-state index >= 15 is 0 Å². The zero-order chi connectivity index (χ0) is 18.8. The molecule has 10 heteroatoms. The van der Waals surface area contributed by atoms with Crippen LogP contribution in [0.15, 0.2) is 12.1 Å². The summed E-state index contributed by atoms with van der Waals surface area (Å²) in [4.78, 5) is 28.5. The van der Waals surface area contributed by atoms with Gasteiger partial charge in [-0.15, -0.1) is 0 Å². The number of aromatic hydroxyl groups is 1. The topological polar surface area (TPSA) is 96.4 Å². The lowest BCUT2D eigenvalue weighted by Crippen LogP contribution is -2.64. The molecule has 3 N–H and O–H groups in total. The minimum absolute atomic E-state index is 0.0434. The van der Waals surface area contributed by atoms with Crippen LogP contribution in [0.2, 0.25) is 10.0 Å². The van der Waals surface area contributed by atoms with Gasteiger partial charge in [-0.2, -0.15) is 0 Å². The maximum atomic E-state index is 12.4. The van der Waals surface area contributed by atoms with Gasteiger partial charge in [-0.05, 0) is 6.07 Å². The monoisotopic (exact) mass is 402 g/mol. The van der Waals surface area contributed by atoms with Gasteiger partial charge in [0.1, 0.15) is 5.75 Å². The third kappa shape index (κ3) is 4.08. The lowest BCUT2D eigenvalue weighted by molar-refractivity contribution is -0.131. The van der Waals surface area contributed by atoms with Gasteiger partial charge < -0.3 is 25.3 Å². The van der Waals surface area contributed by atoms with Gasteiger partial charge in [-0.3, -0.25) is 9.69 Å². The molecule has 0 unspecified atom stereocenters. The van der Waals surface area contributed by atoms with Crippen molar-refractivity contribution >= 4 is 40.9 Å². The summed E-state index contributed by atoms with van der Waals surface area (Å²) in [6.45, 7) is 3.74. The Bertz CT molecular complexity index is 704. The summed E-state index contributed by atoms with van der Waals surface area (Å²) in [5, 5.41) is 22.2. The van der Waals surface area contributed by atoms with Crippen molar-refractivity contribution in [2.45, 2.75) is 6.04 Å². The standard InChI is InChI=1S/C16H20Cl2N4O4/c17-11-5-13(14(23)6-12(11)18)19-7-15(24)21-3-1-20(2-4-21)10-8-22(9-10)16(25)26/h5-6,10,19,23H,1-4,7-9H2,(H,25,26). The number of hydrogen-bond donors (Lipinski definition) is 3. The van der Waals surface area contributed by atoms with Crippen molar-refractivity contribution in [3.63, 3.8) is 0 Å². The van der Waals surface area contributed by atoms with Crippen molar-refractivity contribution in [3.8, 4) is 5.75 Å². The Balaban J connectivity index is 1.44. The van der Waals surface area contributed by atoms with Crippen molar-refractivity contribution in [2.75, 3.05) is 51.1 Å². The molecule has 0 aromatic heterocycles. The summed E-state index contributed by atoms with van der Waals surface area (Å²) >= 11 is 11.7. The number of rotatable bonds is 4. The molecule has 0 aliphatic carbocycles. The fourth-order valence-corrected chi connectivity index (χ4v) is 3.46. The number of phenolic OH excluding ortho intramolecular Hbond substituents is 1. The molecule has 0 atom stereocenters. The SMILES string of the molecule is O=C(O)N1CC(N2CCN(C(=O)CNc3cc(Cl)c(Cl)cc3O)CC2)C1. The molecule has 2 aliphatic heterocycles. The van der Waals surface area contributed by atoms with E-state index in [0.717, 1.165) is 13.1 Å². The molecule has 8 nitrogen and oxygen atoms in total. The third-order valence-corrected chi connectivity index (χ3v) is 5.51. The summed E-state index contributed by atoms with van der Waals surface area (Å²) in [5.74, 6) is -0.138.